The normalized spacial score (nSPS) is 25.7. The Morgan fingerprint density at radius 1 is 1.48 bits per heavy atom. The van der Waals surface area contributed by atoms with Gasteiger partial charge in [-0.1, -0.05) is 0 Å². The average molecular weight is 322 g/mol. The Kier molecular flexibility index (Phi) is 5.64. The summed E-state index contributed by atoms with van der Waals surface area (Å²) in [6.07, 6.45) is 4.81. The van der Waals surface area contributed by atoms with E-state index in [0.29, 0.717) is 24.3 Å². The van der Waals surface area contributed by atoms with Crippen molar-refractivity contribution in [3.63, 3.8) is 0 Å². The summed E-state index contributed by atoms with van der Waals surface area (Å²) in [5.41, 5.74) is 6.58. The molecule has 1 amide bonds. The first-order valence-corrected chi connectivity index (χ1v) is 8.49. The molecule has 1 aromatic rings. The molecule has 2 fully saturated rings. The fourth-order valence-corrected chi connectivity index (χ4v) is 3.37. The lowest BCUT2D eigenvalue weighted by molar-refractivity contribution is 0.00849. The van der Waals surface area contributed by atoms with Crippen molar-refractivity contribution >= 4 is 5.91 Å². The number of likely N-dealkylation sites (tertiary alicyclic amines) is 1. The fraction of sp³-hybridized carbons (Fsp3) is 0.750. The molecule has 2 aliphatic heterocycles. The minimum Gasteiger partial charge on any atom is -0.377 e. The predicted octanol–water partition coefficient (Wildman–Crippen LogP) is 0.884. The summed E-state index contributed by atoms with van der Waals surface area (Å²) in [5, 5.41) is 6.94. The summed E-state index contributed by atoms with van der Waals surface area (Å²) < 4.78 is 11.3. The number of carbonyl (C=O) groups excluding carboxylic acids is 1. The lowest BCUT2D eigenvalue weighted by Gasteiger charge is -2.32. The Hall–Kier alpha value is -1.44. The number of amides is 1. The topological polar surface area (TPSA) is 93.5 Å². The molecule has 0 spiro atoms. The van der Waals surface area contributed by atoms with Crippen molar-refractivity contribution in [2.24, 2.45) is 5.73 Å². The Morgan fingerprint density at radius 3 is 3.13 bits per heavy atom. The molecule has 2 aliphatic rings. The maximum atomic E-state index is 11.1. The second-order valence-electron chi connectivity index (χ2n) is 6.42. The Balaban J connectivity index is 1.41. The molecule has 1 aromatic heterocycles. The number of nitrogens with two attached hydrogens (primary N) is 1. The number of nitrogens with one attached hydrogen (secondary N) is 1. The third kappa shape index (κ3) is 4.53. The summed E-state index contributed by atoms with van der Waals surface area (Å²) in [6.45, 7) is 5.31. The van der Waals surface area contributed by atoms with Crippen LogP contribution in [0.25, 0.3) is 0 Å². The van der Waals surface area contributed by atoms with Crippen molar-refractivity contribution in [1.29, 1.82) is 0 Å². The summed E-state index contributed by atoms with van der Waals surface area (Å²) >= 11 is 0. The molecule has 7 nitrogen and oxygen atoms in total. The number of rotatable bonds is 7. The van der Waals surface area contributed by atoms with Crippen molar-refractivity contribution in [3.05, 3.63) is 17.5 Å². The smallest absolute Gasteiger partial charge is 0.269 e. The van der Waals surface area contributed by atoms with Gasteiger partial charge in [0.2, 0.25) is 0 Å². The first kappa shape index (κ1) is 16.4. The number of hydrogen-bond acceptors (Lipinski definition) is 5. The Bertz CT molecular complexity index is 513. The number of H-pyrrole nitrogens is 1. The van der Waals surface area contributed by atoms with Crippen LogP contribution in [0.1, 0.15) is 47.8 Å². The number of nitrogens with zero attached hydrogens (tertiary/aromatic N) is 2. The van der Waals surface area contributed by atoms with Crippen LogP contribution < -0.4 is 5.73 Å². The van der Waals surface area contributed by atoms with Crippen LogP contribution in [0.3, 0.4) is 0 Å². The summed E-state index contributed by atoms with van der Waals surface area (Å²) in [7, 11) is 0. The van der Waals surface area contributed by atoms with Gasteiger partial charge in [0, 0.05) is 31.3 Å². The average Bonchev–Trinajstić information content (AvgIpc) is 3.23. The van der Waals surface area contributed by atoms with Crippen molar-refractivity contribution in [2.45, 2.75) is 37.7 Å². The highest BCUT2D eigenvalue weighted by atomic mass is 16.5. The third-order valence-electron chi connectivity index (χ3n) is 4.68. The monoisotopic (exact) mass is 322 g/mol. The molecule has 128 valence electrons. The zero-order valence-corrected chi connectivity index (χ0v) is 13.5. The maximum absolute atomic E-state index is 11.1. The van der Waals surface area contributed by atoms with Gasteiger partial charge < -0.3 is 20.1 Å². The molecule has 3 N–H and O–H groups in total. The fourth-order valence-electron chi connectivity index (χ4n) is 3.37. The number of aromatic nitrogens is 2. The standard InChI is InChI=1S/C16H26N4O3/c17-16(21)15-9-14(18-19-15)12-3-1-5-20(10-12)6-8-22-11-13-4-2-7-23-13/h9,12-13H,1-8,10-11H2,(H2,17,21)(H,18,19)/t12-,13-/m0/s1. The minimum atomic E-state index is -0.484. The number of primary amides is 1. The number of carbonyl (C=O) groups is 1. The van der Waals surface area contributed by atoms with Gasteiger partial charge in [0.05, 0.1) is 19.3 Å². The second-order valence-corrected chi connectivity index (χ2v) is 6.42. The lowest BCUT2D eigenvalue weighted by atomic mass is 9.94. The van der Waals surface area contributed by atoms with Gasteiger partial charge in [-0.25, -0.2) is 0 Å². The highest BCUT2D eigenvalue weighted by Crippen LogP contribution is 2.25. The molecule has 3 heterocycles. The van der Waals surface area contributed by atoms with Gasteiger partial charge in [0.15, 0.2) is 0 Å². The first-order chi connectivity index (χ1) is 11.2. The van der Waals surface area contributed by atoms with Gasteiger partial charge in [0.25, 0.3) is 5.91 Å². The number of hydrogen-bond donors (Lipinski definition) is 2. The van der Waals surface area contributed by atoms with E-state index in [2.05, 4.69) is 15.1 Å². The van der Waals surface area contributed by atoms with Crippen LogP contribution in [0.15, 0.2) is 6.07 Å². The van der Waals surface area contributed by atoms with E-state index >= 15 is 0 Å². The van der Waals surface area contributed by atoms with Crippen molar-refractivity contribution in [3.8, 4) is 0 Å². The van der Waals surface area contributed by atoms with Crippen molar-refractivity contribution in [1.82, 2.24) is 15.1 Å². The molecular weight excluding hydrogens is 296 g/mol. The van der Waals surface area contributed by atoms with E-state index in [-0.39, 0.29) is 0 Å². The summed E-state index contributed by atoms with van der Waals surface area (Å²) in [5.74, 6) is -0.106. The Labute approximate surface area is 136 Å². The van der Waals surface area contributed by atoms with Gasteiger partial charge in [-0.15, -0.1) is 0 Å². The van der Waals surface area contributed by atoms with Crippen LogP contribution in [0.5, 0.6) is 0 Å². The molecule has 23 heavy (non-hydrogen) atoms. The molecule has 0 radical (unpaired) electrons. The molecule has 2 atom stereocenters. The van der Waals surface area contributed by atoms with E-state index < -0.39 is 5.91 Å². The third-order valence-corrected chi connectivity index (χ3v) is 4.68. The maximum Gasteiger partial charge on any atom is 0.269 e. The number of piperidine rings is 1. The molecule has 3 rings (SSSR count). The molecule has 0 unspecified atom stereocenters. The van der Waals surface area contributed by atoms with Crippen LogP contribution in [0, 0.1) is 0 Å². The molecule has 0 aromatic carbocycles. The molecule has 2 saturated heterocycles. The van der Waals surface area contributed by atoms with Crippen LogP contribution in [0.4, 0.5) is 0 Å². The zero-order chi connectivity index (χ0) is 16.1. The van der Waals surface area contributed by atoms with E-state index in [9.17, 15) is 4.79 Å². The van der Waals surface area contributed by atoms with Crippen molar-refractivity contribution < 1.29 is 14.3 Å². The van der Waals surface area contributed by atoms with Crippen molar-refractivity contribution in [2.75, 3.05) is 39.5 Å². The molecule has 0 saturated carbocycles. The highest BCUT2D eigenvalue weighted by molar-refractivity contribution is 5.90. The zero-order valence-electron chi connectivity index (χ0n) is 13.5. The van der Waals surface area contributed by atoms with E-state index in [1.54, 1.807) is 6.07 Å². The van der Waals surface area contributed by atoms with E-state index in [0.717, 1.165) is 64.2 Å². The predicted molar refractivity (Wildman–Crippen MR) is 85.3 cm³/mol. The van der Waals surface area contributed by atoms with Gasteiger partial charge in [0.1, 0.15) is 5.69 Å². The largest absolute Gasteiger partial charge is 0.377 e. The van der Waals surface area contributed by atoms with Gasteiger partial charge in [-0.05, 0) is 38.3 Å². The number of ether oxygens (including phenoxy) is 2. The molecule has 7 heteroatoms. The molecular formula is C16H26N4O3. The highest BCUT2D eigenvalue weighted by Gasteiger charge is 2.23. The van der Waals surface area contributed by atoms with Gasteiger partial charge in [-0.3, -0.25) is 9.89 Å². The van der Waals surface area contributed by atoms with Gasteiger partial charge in [-0.2, -0.15) is 5.10 Å². The van der Waals surface area contributed by atoms with Crippen LogP contribution in [-0.4, -0.2) is 66.6 Å². The van der Waals surface area contributed by atoms with Crippen LogP contribution >= 0.6 is 0 Å². The molecule has 0 bridgehead atoms. The summed E-state index contributed by atoms with van der Waals surface area (Å²) in [4.78, 5) is 13.6. The second kappa shape index (κ2) is 7.90. The van der Waals surface area contributed by atoms with Gasteiger partial charge >= 0.3 is 0 Å². The number of aromatic amines is 1. The van der Waals surface area contributed by atoms with E-state index in [1.807, 2.05) is 0 Å². The first-order valence-electron chi connectivity index (χ1n) is 8.49. The SMILES string of the molecule is NC(=O)c1cc([C@H]2CCCN(CCOC[C@@H]3CCCO3)C2)[nH]n1. The molecule has 0 aliphatic carbocycles. The van der Waals surface area contributed by atoms with E-state index in [1.165, 1.54) is 0 Å². The van der Waals surface area contributed by atoms with Crippen LogP contribution in [-0.2, 0) is 9.47 Å². The van der Waals surface area contributed by atoms with E-state index in [4.69, 9.17) is 15.2 Å². The summed E-state index contributed by atoms with van der Waals surface area (Å²) in [6, 6.07) is 1.78. The quantitative estimate of drug-likeness (QED) is 0.727. The van der Waals surface area contributed by atoms with Crippen LogP contribution in [0.2, 0.25) is 0 Å². The Morgan fingerprint density at radius 2 is 2.39 bits per heavy atom. The minimum absolute atomic E-state index is 0.293. The lowest BCUT2D eigenvalue weighted by Crippen LogP contribution is -2.37.